The first-order valence-corrected chi connectivity index (χ1v) is 14.4. The summed E-state index contributed by atoms with van der Waals surface area (Å²) in [5, 5.41) is 11.3. The number of benzene rings is 2. The van der Waals surface area contributed by atoms with Crippen molar-refractivity contribution in [3.8, 4) is 0 Å². The molecule has 0 saturated heterocycles. The van der Waals surface area contributed by atoms with Crippen LogP contribution < -0.4 is 0 Å². The minimum absolute atomic E-state index is 0.0602. The van der Waals surface area contributed by atoms with Crippen molar-refractivity contribution in [2.75, 3.05) is 0 Å². The number of thioether (sulfide) groups is 1. The first-order chi connectivity index (χ1) is 18.7. The molecule has 1 atom stereocenters. The lowest BCUT2D eigenvalue weighted by atomic mass is 9.81. The Morgan fingerprint density at radius 3 is 2.45 bits per heavy atom. The molecule has 0 fully saturated rings. The molecule has 0 amide bonds. The number of aliphatic carboxylic acids is 1. The highest BCUT2D eigenvalue weighted by Gasteiger charge is 2.36. The molecule has 5 nitrogen and oxygen atoms in total. The first kappa shape index (κ1) is 30.6. The van der Waals surface area contributed by atoms with Gasteiger partial charge in [0.25, 0.3) is 0 Å². The van der Waals surface area contributed by atoms with Gasteiger partial charge >= 0.3 is 5.97 Å². The van der Waals surface area contributed by atoms with Crippen molar-refractivity contribution < 1.29 is 23.4 Å². The Kier molecular flexibility index (Phi) is 9.07. The number of hydrogen-bond acceptors (Lipinski definition) is 4. The molecule has 0 spiro atoms. The molecule has 212 valence electrons. The second-order valence-electron chi connectivity index (χ2n) is 10.4. The van der Waals surface area contributed by atoms with Gasteiger partial charge in [-0.25, -0.2) is 18.6 Å². The van der Waals surface area contributed by atoms with Crippen LogP contribution in [0.25, 0.3) is 5.70 Å². The van der Waals surface area contributed by atoms with Crippen LogP contribution in [0.4, 0.5) is 8.78 Å². The Bertz CT molecular complexity index is 1520. The van der Waals surface area contributed by atoms with E-state index in [1.54, 1.807) is 30.5 Å². The van der Waals surface area contributed by atoms with Gasteiger partial charge in [-0.15, -0.1) is 0 Å². The van der Waals surface area contributed by atoms with E-state index in [2.05, 4.69) is 0 Å². The second kappa shape index (κ2) is 11.9. The molecule has 1 N–H and O–H groups in total. The van der Waals surface area contributed by atoms with Crippen molar-refractivity contribution >= 4 is 58.2 Å². The SMILES string of the molecule is CC(C)(OC1CC(n2c(C(C)(C)c3ccc(Cl)c(Cl)c3)cnc2SCc2ccc(F)cc2Cl)=CC=C1F)C(=O)O. The van der Waals surface area contributed by atoms with Crippen molar-refractivity contribution in [1.82, 2.24) is 9.55 Å². The summed E-state index contributed by atoms with van der Waals surface area (Å²) < 4.78 is 36.1. The maximum Gasteiger partial charge on any atom is 0.335 e. The molecule has 0 aliphatic heterocycles. The first-order valence-electron chi connectivity index (χ1n) is 12.3. The number of halogens is 5. The minimum Gasteiger partial charge on any atom is -0.479 e. The van der Waals surface area contributed by atoms with Gasteiger partial charge in [0.05, 0.1) is 21.9 Å². The van der Waals surface area contributed by atoms with Gasteiger partial charge in [0.2, 0.25) is 0 Å². The molecular formula is C29H27Cl3F2N2O3S. The normalized spacial score (nSPS) is 16.1. The molecule has 3 aromatic rings. The smallest absolute Gasteiger partial charge is 0.335 e. The average molecular weight is 628 g/mol. The van der Waals surface area contributed by atoms with Gasteiger partial charge in [0, 0.05) is 28.3 Å². The predicted octanol–water partition coefficient (Wildman–Crippen LogP) is 8.95. The summed E-state index contributed by atoms with van der Waals surface area (Å²) in [6, 6.07) is 9.62. The van der Waals surface area contributed by atoms with Gasteiger partial charge in [0.1, 0.15) is 17.7 Å². The van der Waals surface area contributed by atoms with E-state index in [1.807, 2.05) is 24.5 Å². The number of carboxylic acid groups (broad SMARTS) is 1. The highest BCUT2D eigenvalue weighted by Crippen LogP contribution is 2.41. The summed E-state index contributed by atoms with van der Waals surface area (Å²) in [5.74, 6) is -1.81. The third-order valence-electron chi connectivity index (χ3n) is 6.76. The van der Waals surface area contributed by atoms with E-state index < -0.39 is 34.7 Å². The molecule has 0 radical (unpaired) electrons. The molecule has 40 heavy (non-hydrogen) atoms. The number of rotatable bonds is 9. The van der Waals surface area contributed by atoms with Gasteiger partial charge in [-0.05, 0) is 61.4 Å². The predicted molar refractivity (Wildman–Crippen MR) is 156 cm³/mol. The summed E-state index contributed by atoms with van der Waals surface area (Å²) in [7, 11) is 0. The van der Waals surface area contributed by atoms with Crippen molar-refractivity contribution in [2.45, 2.75) is 62.1 Å². The Hall–Kier alpha value is -2.36. The number of carbonyl (C=O) groups is 1. The number of hydrogen-bond donors (Lipinski definition) is 1. The van der Waals surface area contributed by atoms with Crippen LogP contribution in [0.2, 0.25) is 15.1 Å². The van der Waals surface area contributed by atoms with E-state index in [4.69, 9.17) is 44.5 Å². The molecule has 2 aromatic carbocycles. The Balaban J connectivity index is 1.77. The molecule has 0 bridgehead atoms. The molecule has 11 heteroatoms. The third kappa shape index (κ3) is 6.42. The Morgan fingerprint density at radius 1 is 1.07 bits per heavy atom. The quantitative estimate of drug-likeness (QED) is 0.240. The zero-order valence-corrected chi connectivity index (χ0v) is 25.2. The topological polar surface area (TPSA) is 64.4 Å². The van der Waals surface area contributed by atoms with Crippen LogP contribution in [-0.2, 0) is 20.7 Å². The number of imidazole rings is 1. The van der Waals surface area contributed by atoms with E-state index in [9.17, 15) is 18.7 Å². The van der Waals surface area contributed by atoms with E-state index in [-0.39, 0.29) is 6.42 Å². The van der Waals surface area contributed by atoms with Crippen LogP contribution in [0.5, 0.6) is 0 Å². The summed E-state index contributed by atoms with van der Waals surface area (Å²) in [6.07, 6.45) is 3.60. The summed E-state index contributed by atoms with van der Waals surface area (Å²) in [4.78, 5) is 16.4. The van der Waals surface area contributed by atoms with Gasteiger partial charge in [-0.2, -0.15) is 0 Å². The highest BCUT2D eigenvalue weighted by atomic mass is 35.5. The average Bonchev–Trinajstić information content (AvgIpc) is 3.31. The van der Waals surface area contributed by atoms with Crippen LogP contribution in [0, 0.1) is 5.82 Å². The van der Waals surface area contributed by atoms with E-state index >= 15 is 0 Å². The molecule has 1 aromatic heterocycles. The lowest BCUT2D eigenvalue weighted by molar-refractivity contribution is -0.166. The Morgan fingerprint density at radius 2 is 1.80 bits per heavy atom. The molecule has 4 rings (SSSR count). The van der Waals surface area contributed by atoms with Crippen LogP contribution in [0.3, 0.4) is 0 Å². The van der Waals surface area contributed by atoms with Crippen LogP contribution in [-0.4, -0.2) is 32.3 Å². The molecule has 1 unspecified atom stereocenters. The van der Waals surface area contributed by atoms with Crippen molar-refractivity contribution in [3.05, 3.63) is 98.3 Å². The van der Waals surface area contributed by atoms with Crippen LogP contribution in [0.1, 0.15) is 50.9 Å². The summed E-state index contributed by atoms with van der Waals surface area (Å²) in [6.45, 7) is 6.77. The molecule has 1 heterocycles. The summed E-state index contributed by atoms with van der Waals surface area (Å²) >= 11 is 20.2. The fourth-order valence-corrected chi connectivity index (χ4v) is 5.90. The van der Waals surface area contributed by atoms with Crippen molar-refractivity contribution in [1.29, 1.82) is 0 Å². The highest BCUT2D eigenvalue weighted by molar-refractivity contribution is 7.98. The number of nitrogens with zero attached hydrogens (tertiary/aromatic N) is 2. The Labute approximate surface area is 250 Å². The van der Waals surface area contributed by atoms with Crippen LogP contribution >= 0.6 is 46.6 Å². The summed E-state index contributed by atoms with van der Waals surface area (Å²) in [5.41, 5.74) is 0.787. The van der Waals surface area contributed by atoms with Gasteiger partial charge in [-0.1, -0.05) is 72.5 Å². The second-order valence-corrected chi connectivity index (χ2v) is 12.5. The van der Waals surface area contributed by atoms with Gasteiger partial charge in [-0.3, -0.25) is 4.57 Å². The lowest BCUT2D eigenvalue weighted by Gasteiger charge is -2.32. The number of carboxylic acids is 1. The molecule has 1 aliphatic carbocycles. The third-order valence-corrected chi connectivity index (χ3v) is 8.85. The molecular weight excluding hydrogens is 601 g/mol. The van der Waals surface area contributed by atoms with E-state index in [0.29, 0.717) is 31.7 Å². The number of ether oxygens (including phenoxy) is 1. The number of aromatic nitrogens is 2. The minimum atomic E-state index is -1.60. The lowest BCUT2D eigenvalue weighted by Crippen LogP contribution is -2.39. The largest absolute Gasteiger partial charge is 0.479 e. The standard InChI is InChI=1S/C29H27Cl3F2N2O3S/c1-28(2,17-6-9-20(30)22(32)11-17)25-14-35-27(40-15-16-5-7-18(33)12-21(16)31)36(25)19-8-10-23(34)24(13-19)39-29(3,4)26(37)38/h5-12,14,24H,13,15H2,1-4H3,(H,37,38). The van der Waals surface area contributed by atoms with Gasteiger partial charge < -0.3 is 9.84 Å². The fraction of sp³-hybridized carbons (Fsp3) is 0.310. The maximum absolute atomic E-state index is 14.9. The monoisotopic (exact) mass is 626 g/mol. The fourth-order valence-electron chi connectivity index (χ4n) is 4.28. The van der Waals surface area contributed by atoms with Crippen molar-refractivity contribution in [2.24, 2.45) is 0 Å². The van der Waals surface area contributed by atoms with Gasteiger partial charge in [0.15, 0.2) is 10.8 Å². The zero-order chi connectivity index (χ0) is 29.4. The van der Waals surface area contributed by atoms with E-state index in [1.165, 1.54) is 43.8 Å². The molecule has 0 saturated carbocycles. The maximum atomic E-state index is 14.9. The van der Waals surface area contributed by atoms with Crippen LogP contribution in [0.15, 0.2) is 65.7 Å². The van der Waals surface area contributed by atoms with Crippen molar-refractivity contribution in [3.63, 3.8) is 0 Å². The zero-order valence-electron chi connectivity index (χ0n) is 22.1. The number of allylic oxidation sites excluding steroid dienone is 2. The molecule has 1 aliphatic rings. The van der Waals surface area contributed by atoms with E-state index in [0.717, 1.165) is 16.8 Å².